The van der Waals surface area contributed by atoms with Crippen molar-refractivity contribution in [1.29, 1.82) is 0 Å². The van der Waals surface area contributed by atoms with Gasteiger partial charge in [-0.3, -0.25) is 0 Å². The van der Waals surface area contributed by atoms with Gasteiger partial charge >= 0.3 is 0 Å². The minimum absolute atomic E-state index is 0.951. The maximum Gasteiger partial charge on any atom is -0.0326 e. The quantitative estimate of drug-likeness (QED) is 0.438. The highest BCUT2D eigenvalue weighted by atomic mass is 14.5. The highest BCUT2D eigenvalue weighted by Crippen LogP contribution is 2.54. The number of hydrogen-bond donors (Lipinski definition) is 0. The van der Waals surface area contributed by atoms with E-state index in [1.165, 1.54) is 38.5 Å². The van der Waals surface area contributed by atoms with Crippen LogP contribution in [-0.4, -0.2) is 0 Å². The third-order valence-corrected chi connectivity index (χ3v) is 8.82. The molecule has 3 fully saturated rings. The zero-order valence-electron chi connectivity index (χ0n) is 18.0. The molecule has 0 saturated heterocycles. The van der Waals surface area contributed by atoms with Gasteiger partial charge in [-0.05, 0) is 91.8 Å². The Labute approximate surface area is 158 Å². The Kier molecular flexibility index (Phi) is 6.95. The maximum atomic E-state index is 2.59. The summed E-state index contributed by atoms with van der Waals surface area (Å²) in [4.78, 5) is 0. The van der Waals surface area contributed by atoms with Gasteiger partial charge in [0.2, 0.25) is 0 Å². The summed E-state index contributed by atoms with van der Waals surface area (Å²) in [6, 6.07) is 0. The minimum atomic E-state index is 0.951. The van der Waals surface area contributed by atoms with Gasteiger partial charge in [0.05, 0.1) is 0 Å². The standard InChI is InChI=1S/C25H46/c1-6-8-17(2)14-22-16-23(15-20(22)5)25(21-12-11-18(3)13-21)24-10-7-9-19(24)4/h17-25H,6-16H2,1-5H3. The molecule has 146 valence electrons. The van der Waals surface area contributed by atoms with Crippen LogP contribution in [-0.2, 0) is 0 Å². The molecule has 0 aliphatic heterocycles. The van der Waals surface area contributed by atoms with Crippen LogP contribution in [0, 0.1) is 53.3 Å². The molecule has 0 bridgehead atoms. The topological polar surface area (TPSA) is 0 Å². The monoisotopic (exact) mass is 346 g/mol. The average molecular weight is 347 g/mol. The second-order valence-corrected chi connectivity index (χ2v) is 10.9. The fraction of sp³-hybridized carbons (Fsp3) is 1.00. The molecule has 25 heavy (non-hydrogen) atoms. The molecule has 3 rings (SSSR count). The van der Waals surface area contributed by atoms with E-state index in [9.17, 15) is 0 Å². The summed E-state index contributed by atoms with van der Waals surface area (Å²) >= 11 is 0. The molecule has 0 radical (unpaired) electrons. The molecule has 0 aromatic rings. The number of rotatable bonds is 7. The molecule has 3 saturated carbocycles. The van der Waals surface area contributed by atoms with Gasteiger partial charge in [0.15, 0.2) is 0 Å². The van der Waals surface area contributed by atoms with Crippen LogP contribution >= 0.6 is 0 Å². The highest BCUT2D eigenvalue weighted by Gasteiger charge is 2.45. The first kappa shape index (κ1) is 19.8. The van der Waals surface area contributed by atoms with E-state index in [1.54, 1.807) is 32.1 Å². The first-order valence-corrected chi connectivity index (χ1v) is 12.0. The Hall–Kier alpha value is 0. The molecular weight excluding hydrogens is 300 g/mol. The molecule has 9 atom stereocenters. The van der Waals surface area contributed by atoms with Crippen molar-refractivity contribution in [3.8, 4) is 0 Å². The zero-order valence-corrected chi connectivity index (χ0v) is 18.0. The molecule has 0 heteroatoms. The van der Waals surface area contributed by atoms with Gasteiger partial charge in [0.1, 0.15) is 0 Å². The fourth-order valence-electron chi connectivity index (χ4n) is 7.59. The Bertz CT molecular complexity index is 399. The molecule has 9 unspecified atom stereocenters. The van der Waals surface area contributed by atoms with Crippen molar-refractivity contribution >= 4 is 0 Å². The van der Waals surface area contributed by atoms with E-state index in [0.717, 1.165) is 53.3 Å². The van der Waals surface area contributed by atoms with Crippen LogP contribution in [0.1, 0.15) is 105 Å². The smallest absolute Gasteiger partial charge is 0.0326 e. The van der Waals surface area contributed by atoms with E-state index in [4.69, 9.17) is 0 Å². The van der Waals surface area contributed by atoms with Crippen molar-refractivity contribution < 1.29 is 0 Å². The van der Waals surface area contributed by atoms with Gasteiger partial charge in [-0.15, -0.1) is 0 Å². The van der Waals surface area contributed by atoms with Crippen molar-refractivity contribution in [2.75, 3.05) is 0 Å². The molecule has 0 aromatic heterocycles. The summed E-state index contributed by atoms with van der Waals surface area (Å²) in [6.45, 7) is 12.6. The summed E-state index contributed by atoms with van der Waals surface area (Å²) in [5.41, 5.74) is 0. The van der Waals surface area contributed by atoms with Gasteiger partial charge in [0, 0.05) is 0 Å². The lowest BCUT2D eigenvalue weighted by atomic mass is 9.68. The predicted molar refractivity (Wildman–Crippen MR) is 111 cm³/mol. The van der Waals surface area contributed by atoms with Crippen LogP contribution in [0.15, 0.2) is 0 Å². The average Bonchev–Trinajstić information content (AvgIpc) is 3.24. The van der Waals surface area contributed by atoms with E-state index in [2.05, 4.69) is 34.6 Å². The van der Waals surface area contributed by atoms with Crippen LogP contribution in [0.25, 0.3) is 0 Å². The van der Waals surface area contributed by atoms with E-state index in [1.807, 2.05) is 0 Å². The first-order valence-electron chi connectivity index (χ1n) is 12.0. The molecule has 3 aliphatic carbocycles. The van der Waals surface area contributed by atoms with Crippen LogP contribution in [0.4, 0.5) is 0 Å². The molecule has 0 spiro atoms. The SMILES string of the molecule is CCCC(C)CC1CC(C(C2CCC(C)C2)C2CCCC2C)CC1C. The van der Waals surface area contributed by atoms with Gasteiger partial charge in [-0.25, -0.2) is 0 Å². The van der Waals surface area contributed by atoms with Gasteiger partial charge < -0.3 is 0 Å². The lowest BCUT2D eigenvalue weighted by Gasteiger charge is -2.37. The first-order chi connectivity index (χ1) is 12.0. The molecule has 0 aromatic carbocycles. The normalized spacial score (nSPS) is 44.3. The molecule has 0 amide bonds. The van der Waals surface area contributed by atoms with Crippen molar-refractivity contribution in [3.05, 3.63) is 0 Å². The molecular formula is C25H46. The van der Waals surface area contributed by atoms with Gasteiger partial charge in [0.25, 0.3) is 0 Å². The second kappa shape index (κ2) is 8.79. The lowest BCUT2D eigenvalue weighted by molar-refractivity contribution is 0.116. The summed E-state index contributed by atoms with van der Waals surface area (Å²) in [6.07, 6.45) is 16.7. The fourth-order valence-corrected chi connectivity index (χ4v) is 7.59. The third kappa shape index (κ3) is 4.65. The Morgan fingerprint density at radius 2 is 1.64 bits per heavy atom. The van der Waals surface area contributed by atoms with Crippen molar-refractivity contribution in [2.45, 2.75) is 105 Å². The molecule has 0 heterocycles. The molecule has 0 N–H and O–H groups in total. The largest absolute Gasteiger partial charge is 0.0654 e. The van der Waals surface area contributed by atoms with Gasteiger partial charge in [-0.2, -0.15) is 0 Å². The van der Waals surface area contributed by atoms with Crippen LogP contribution in [0.3, 0.4) is 0 Å². The van der Waals surface area contributed by atoms with E-state index in [-0.39, 0.29) is 0 Å². The van der Waals surface area contributed by atoms with Crippen LogP contribution in [0.5, 0.6) is 0 Å². The predicted octanol–water partition coefficient (Wildman–Crippen LogP) is 7.96. The van der Waals surface area contributed by atoms with E-state index in [0.29, 0.717) is 0 Å². The number of hydrogen-bond acceptors (Lipinski definition) is 0. The summed E-state index contributed by atoms with van der Waals surface area (Å²) in [5.74, 6) is 9.27. The summed E-state index contributed by atoms with van der Waals surface area (Å²) in [5, 5.41) is 0. The maximum absolute atomic E-state index is 2.59. The Balaban J connectivity index is 1.68. The van der Waals surface area contributed by atoms with Gasteiger partial charge in [-0.1, -0.05) is 66.7 Å². The van der Waals surface area contributed by atoms with Crippen LogP contribution in [0.2, 0.25) is 0 Å². The third-order valence-electron chi connectivity index (χ3n) is 8.82. The van der Waals surface area contributed by atoms with E-state index < -0.39 is 0 Å². The lowest BCUT2D eigenvalue weighted by Crippen LogP contribution is -2.30. The summed E-state index contributed by atoms with van der Waals surface area (Å²) in [7, 11) is 0. The summed E-state index contributed by atoms with van der Waals surface area (Å²) < 4.78 is 0. The highest BCUT2D eigenvalue weighted by molar-refractivity contribution is 4.95. The van der Waals surface area contributed by atoms with E-state index >= 15 is 0 Å². The van der Waals surface area contributed by atoms with Crippen molar-refractivity contribution in [2.24, 2.45) is 53.3 Å². The van der Waals surface area contributed by atoms with Crippen LogP contribution < -0.4 is 0 Å². The second-order valence-electron chi connectivity index (χ2n) is 10.9. The zero-order chi connectivity index (χ0) is 18.0. The van der Waals surface area contributed by atoms with Crippen molar-refractivity contribution in [3.63, 3.8) is 0 Å². The Morgan fingerprint density at radius 1 is 0.840 bits per heavy atom. The minimum Gasteiger partial charge on any atom is -0.0654 e. The molecule has 3 aliphatic rings. The van der Waals surface area contributed by atoms with Crippen molar-refractivity contribution in [1.82, 2.24) is 0 Å². The Morgan fingerprint density at radius 3 is 2.24 bits per heavy atom. The molecule has 0 nitrogen and oxygen atoms in total.